The van der Waals surface area contributed by atoms with Gasteiger partial charge in [0.15, 0.2) is 0 Å². The molecule has 1 aliphatic heterocycles. The summed E-state index contributed by atoms with van der Waals surface area (Å²) in [5.41, 5.74) is 2.14. The third kappa shape index (κ3) is 2.27. The third-order valence-corrected chi connectivity index (χ3v) is 4.06. The van der Waals surface area contributed by atoms with Crippen molar-refractivity contribution in [2.45, 2.75) is 25.4 Å². The highest BCUT2D eigenvalue weighted by Crippen LogP contribution is 2.23. The van der Waals surface area contributed by atoms with Gasteiger partial charge in [-0.05, 0) is 38.1 Å². The molecule has 1 N–H and O–H groups in total. The lowest BCUT2D eigenvalue weighted by molar-refractivity contribution is 0.186. The van der Waals surface area contributed by atoms with Crippen LogP contribution in [0.2, 0.25) is 0 Å². The number of fused-ring (bicyclic) bond motifs is 1. The van der Waals surface area contributed by atoms with Gasteiger partial charge in [-0.25, -0.2) is 4.79 Å². The monoisotopic (exact) mass is 275 g/mol. The van der Waals surface area contributed by atoms with E-state index < -0.39 is 0 Å². The molecule has 0 atom stereocenters. The van der Waals surface area contributed by atoms with Crippen LogP contribution >= 0.6 is 0 Å². The highest BCUT2D eigenvalue weighted by molar-refractivity contribution is 5.76. The molecule has 2 heterocycles. The van der Waals surface area contributed by atoms with Crippen LogP contribution in [0.3, 0.4) is 0 Å². The number of methoxy groups -OCH3 is 1. The molecule has 0 radical (unpaired) electrons. The maximum Gasteiger partial charge on any atom is 0.329 e. The van der Waals surface area contributed by atoms with Gasteiger partial charge in [0.2, 0.25) is 0 Å². The lowest BCUT2D eigenvalue weighted by Crippen LogP contribution is -2.35. The van der Waals surface area contributed by atoms with Gasteiger partial charge in [-0.15, -0.1) is 0 Å². The lowest BCUT2D eigenvalue weighted by Gasteiger charge is -2.23. The topological polar surface area (TPSA) is 48.2 Å². The Kier molecular flexibility index (Phi) is 3.89. The van der Waals surface area contributed by atoms with Crippen LogP contribution in [0.15, 0.2) is 29.1 Å². The van der Waals surface area contributed by atoms with E-state index in [2.05, 4.69) is 5.32 Å². The number of hydrogen-bond donors (Lipinski definition) is 1. The quantitative estimate of drug-likeness (QED) is 0.917. The highest BCUT2D eigenvalue weighted by Gasteiger charge is 2.21. The smallest absolute Gasteiger partial charge is 0.329 e. The SMILES string of the molecule is COCCn1c(=O)n(C2CCNCC2)c2ccccc21. The summed E-state index contributed by atoms with van der Waals surface area (Å²) < 4.78 is 8.94. The van der Waals surface area contributed by atoms with Gasteiger partial charge in [0, 0.05) is 13.2 Å². The largest absolute Gasteiger partial charge is 0.383 e. The molecule has 2 aromatic rings. The van der Waals surface area contributed by atoms with Crippen LogP contribution in [0.1, 0.15) is 18.9 Å². The first-order chi connectivity index (χ1) is 9.83. The Balaban J connectivity index is 2.10. The summed E-state index contributed by atoms with van der Waals surface area (Å²) in [6, 6.07) is 8.35. The zero-order chi connectivity index (χ0) is 13.9. The van der Waals surface area contributed by atoms with Crippen LogP contribution in [0.25, 0.3) is 11.0 Å². The normalized spacial score (nSPS) is 16.9. The molecule has 1 fully saturated rings. The van der Waals surface area contributed by atoms with E-state index in [0.29, 0.717) is 19.2 Å². The molecule has 1 aromatic heterocycles. The average Bonchev–Trinajstić information content (AvgIpc) is 2.78. The Morgan fingerprint density at radius 3 is 2.65 bits per heavy atom. The molecule has 20 heavy (non-hydrogen) atoms. The van der Waals surface area contributed by atoms with Crippen molar-refractivity contribution in [3.8, 4) is 0 Å². The number of aromatic nitrogens is 2. The van der Waals surface area contributed by atoms with Gasteiger partial charge < -0.3 is 10.1 Å². The van der Waals surface area contributed by atoms with Crippen molar-refractivity contribution in [1.82, 2.24) is 14.5 Å². The Bertz CT molecular complexity index is 638. The van der Waals surface area contributed by atoms with E-state index in [0.717, 1.165) is 37.0 Å². The van der Waals surface area contributed by atoms with Gasteiger partial charge in [0.25, 0.3) is 0 Å². The van der Waals surface area contributed by atoms with Gasteiger partial charge in [-0.2, -0.15) is 0 Å². The minimum absolute atomic E-state index is 0.0927. The van der Waals surface area contributed by atoms with Crippen molar-refractivity contribution in [3.05, 3.63) is 34.7 Å². The summed E-state index contributed by atoms with van der Waals surface area (Å²) in [4.78, 5) is 12.7. The molecule has 1 saturated heterocycles. The third-order valence-electron chi connectivity index (χ3n) is 4.06. The lowest BCUT2D eigenvalue weighted by atomic mass is 10.1. The fraction of sp³-hybridized carbons (Fsp3) is 0.533. The molecule has 5 nitrogen and oxygen atoms in total. The molecule has 0 spiro atoms. The van der Waals surface area contributed by atoms with Gasteiger partial charge >= 0.3 is 5.69 Å². The van der Waals surface area contributed by atoms with Crippen molar-refractivity contribution in [2.24, 2.45) is 0 Å². The molecular formula is C15H21N3O2. The summed E-state index contributed by atoms with van der Waals surface area (Å²) in [5.74, 6) is 0. The fourth-order valence-electron chi connectivity index (χ4n) is 3.05. The van der Waals surface area contributed by atoms with Crippen LogP contribution in [-0.2, 0) is 11.3 Å². The minimum Gasteiger partial charge on any atom is -0.383 e. The second-order valence-electron chi connectivity index (χ2n) is 5.27. The summed E-state index contributed by atoms with van der Waals surface area (Å²) >= 11 is 0. The van der Waals surface area contributed by atoms with Gasteiger partial charge in [-0.1, -0.05) is 12.1 Å². The first-order valence-corrected chi connectivity index (χ1v) is 7.22. The van der Waals surface area contributed by atoms with E-state index >= 15 is 0 Å². The molecule has 0 bridgehead atoms. The summed E-state index contributed by atoms with van der Waals surface area (Å²) in [6.07, 6.45) is 2.02. The number of benzene rings is 1. The number of nitrogens with one attached hydrogen (secondary N) is 1. The van der Waals surface area contributed by atoms with Crippen LogP contribution in [0, 0.1) is 0 Å². The molecule has 0 amide bonds. The molecule has 5 heteroatoms. The number of ether oxygens (including phenoxy) is 1. The molecule has 0 unspecified atom stereocenters. The number of para-hydroxylation sites is 2. The van der Waals surface area contributed by atoms with E-state index in [1.807, 2.05) is 33.4 Å². The molecule has 0 aliphatic carbocycles. The first kappa shape index (κ1) is 13.4. The summed E-state index contributed by atoms with van der Waals surface area (Å²) in [6.45, 7) is 3.12. The Labute approximate surface area is 118 Å². The van der Waals surface area contributed by atoms with E-state index in [1.165, 1.54) is 0 Å². The van der Waals surface area contributed by atoms with Gasteiger partial charge in [-0.3, -0.25) is 9.13 Å². The Morgan fingerprint density at radius 1 is 1.25 bits per heavy atom. The number of hydrogen-bond acceptors (Lipinski definition) is 3. The zero-order valence-corrected chi connectivity index (χ0v) is 11.8. The van der Waals surface area contributed by atoms with Crippen LogP contribution < -0.4 is 11.0 Å². The van der Waals surface area contributed by atoms with Crippen LogP contribution in [0.5, 0.6) is 0 Å². The number of rotatable bonds is 4. The molecule has 1 aliphatic rings. The molecule has 3 rings (SSSR count). The van der Waals surface area contributed by atoms with E-state index in [-0.39, 0.29) is 5.69 Å². The summed E-state index contributed by atoms with van der Waals surface area (Å²) in [7, 11) is 1.66. The zero-order valence-electron chi connectivity index (χ0n) is 11.8. The van der Waals surface area contributed by atoms with Crippen molar-refractivity contribution < 1.29 is 4.74 Å². The number of nitrogens with zero attached hydrogens (tertiary/aromatic N) is 2. The highest BCUT2D eigenvalue weighted by atomic mass is 16.5. The fourth-order valence-corrected chi connectivity index (χ4v) is 3.05. The molecular weight excluding hydrogens is 254 g/mol. The minimum atomic E-state index is 0.0927. The Hall–Kier alpha value is -1.59. The second-order valence-corrected chi connectivity index (χ2v) is 5.27. The van der Waals surface area contributed by atoms with E-state index in [9.17, 15) is 4.79 Å². The summed E-state index contributed by atoms with van der Waals surface area (Å²) in [5, 5.41) is 3.35. The van der Waals surface area contributed by atoms with Crippen LogP contribution in [-0.4, -0.2) is 35.9 Å². The van der Waals surface area contributed by atoms with Crippen molar-refractivity contribution in [3.63, 3.8) is 0 Å². The predicted molar refractivity (Wildman–Crippen MR) is 79.2 cm³/mol. The number of piperidine rings is 1. The Morgan fingerprint density at radius 2 is 1.95 bits per heavy atom. The van der Waals surface area contributed by atoms with Crippen molar-refractivity contribution >= 4 is 11.0 Å². The van der Waals surface area contributed by atoms with Crippen molar-refractivity contribution in [1.29, 1.82) is 0 Å². The van der Waals surface area contributed by atoms with Crippen molar-refractivity contribution in [2.75, 3.05) is 26.8 Å². The average molecular weight is 275 g/mol. The number of imidazole rings is 1. The van der Waals surface area contributed by atoms with E-state index in [1.54, 1.807) is 7.11 Å². The maximum absolute atomic E-state index is 12.7. The molecule has 108 valence electrons. The second kappa shape index (κ2) is 5.81. The van der Waals surface area contributed by atoms with Crippen LogP contribution in [0.4, 0.5) is 0 Å². The molecule has 1 aromatic carbocycles. The van der Waals surface area contributed by atoms with Gasteiger partial charge in [0.05, 0.1) is 24.2 Å². The standard InChI is InChI=1S/C15H21N3O2/c1-20-11-10-17-13-4-2-3-5-14(13)18(15(17)19)12-6-8-16-9-7-12/h2-5,12,16H,6-11H2,1H3. The molecule has 0 saturated carbocycles. The first-order valence-electron chi connectivity index (χ1n) is 7.22. The van der Waals surface area contributed by atoms with Gasteiger partial charge in [0.1, 0.15) is 0 Å². The predicted octanol–water partition coefficient (Wildman–Crippen LogP) is 1.37. The van der Waals surface area contributed by atoms with E-state index in [4.69, 9.17) is 4.74 Å². The maximum atomic E-state index is 12.7.